The fraction of sp³-hybridized carbons (Fsp3) is 0.333. The Balaban J connectivity index is 2.54. The quantitative estimate of drug-likeness (QED) is 0.666. The molecule has 0 N–H and O–H groups in total. The number of carbonyl (C=O) groups is 1. The maximum atomic E-state index is 11.4. The molecule has 0 radical (unpaired) electrons. The number of ketones is 1. The van der Waals surface area contributed by atoms with Crippen LogP contribution in [0.2, 0.25) is 0 Å². The normalized spacial score (nSPS) is 9.75. The number of thioether (sulfide) groups is 1. The molecule has 3 heteroatoms. The van der Waals surface area contributed by atoms with E-state index in [1.807, 2.05) is 6.26 Å². The van der Waals surface area contributed by atoms with Crippen LogP contribution in [0, 0.1) is 0 Å². The molecule has 0 unspecified atom stereocenters. The van der Waals surface area contributed by atoms with Crippen LogP contribution < -0.4 is 0 Å². The number of carbonyl (C=O) groups excluding carboxylic acids is 1. The molecule has 1 heterocycles. The van der Waals surface area contributed by atoms with Crippen molar-refractivity contribution in [3.63, 3.8) is 0 Å². The Morgan fingerprint density at radius 3 is 3.08 bits per heavy atom. The molecule has 0 amide bonds. The lowest BCUT2D eigenvalue weighted by Gasteiger charge is -1.97. The second kappa shape index (κ2) is 4.93. The fourth-order valence-electron chi connectivity index (χ4n) is 0.867. The number of pyridine rings is 1. The predicted octanol–water partition coefficient (Wildman–Crippen LogP) is 2.02. The smallest absolute Gasteiger partial charge is 0.165 e. The number of hydrogen-bond acceptors (Lipinski definition) is 3. The van der Waals surface area contributed by atoms with Gasteiger partial charge in [0.15, 0.2) is 5.78 Å². The van der Waals surface area contributed by atoms with Gasteiger partial charge in [0.05, 0.1) is 0 Å². The largest absolute Gasteiger partial charge is 0.294 e. The highest BCUT2D eigenvalue weighted by molar-refractivity contribution is 7.98. The van der Waals surface area contributed by atoms with Crippen LogP contribution in [0.5, 0.6) is 0 Å². The third kappa shape index (κ3) is 2.66. The van der Waals surface area contributed by atoms with E-state index < -0.39 is 0 Å². The van der Waals surface area contributed by atoms with Gasteiger partial charge in [-0.2, -0.15) is 11.8 Å². The van der Waals surface area contributed by atoms with Gasteiger partial charge in [-0.05, 0) is 18.4 Å². The molecule has 12 heavy (non-hydrogen) atoms. The van der Waals surface area contributed by atoms with E-state index in [2.05, 4.69) is 4.98 Å². The maximum absolute atomic E-state index is 11.4. The van der Waals surface area contributed by atoms with Crippen LogP contribution in [-0.4, -0.2) is 22.8 Å². The van der Waals surface area contributed by atoms with Crippen molar-refractivity contribution in [2.45, 2.75) is 6.42 Å². The van der Waals surface area contributed by atoms with Crippen LogP contribution in [0.15, 0.2) is 24.5 Å². The van der Waals surface area contributed by atoms with Gasteiger partial charge in [0.2, 0.25) is 0 Å². The van der Waals surface area contributed by atoms with Gasteiger partial charge in [-0.1, -0.05) is 0 Å². The van der Waals surface area contributed by atoms with Crippen molar-refractivity contribution < 1.29 is 4.79 Å². The Labute approximate surface area is 76.4 Å². The number of hydrogen-bond donors (Lipinski definition) is 0. The number of nitrogens with zero attached hydrogens (tertiary/aromatic N) is 1. The molecule has 0 aliphatic carbocycles. The van der Waals surface area contributed by atoms with Crippen LogP contribution in [-0.2, 0) is 0 Å². The minimum atomic E-state index is 0.178. The fourth-order valence-corrected chi connectivity index (χ4v) is 1.26. The van der Waals surface area contributed by atoms with Crippen molar-refractivity contribution in [1.29, 1.82) is 0 Å². The molecule has 0 bridgehead atoms. The Morgan fingerprint density at radius 1 is 1.67 bits per heavy atom. The number of rotatable bonds is 4. The highest BCUT2D eigenvalue weighted by Crippen LogP contribution is 2.04. The summed E-state index contributed by atoms with van der Waals surface area (Å²) in [6.07, 6.45) is 5.89. The summed E-state index contributed by atoms with van der Waals surface area (Å²) in [6, 6.07) is 3.59. The Morgan fingerprint density at radius 2 is 2.50 bits per heavy atom. The number of Topliss-reactive ketones (excluding diaryl/α,β-unsaturated/α-hetero) is 1. The Bertz CT molecular complexity index is 248. The first-order valence-electron chi connectivity index (χ1n) is 3.77. The summed E-state index contributed by atoms with van der Waals surface area (Å²) >= 11 is 1.68. The molecular weight excluding hydrogens is 170 g/mol. The molecule has 0 saturated heterocycles. The molecule has 0 atom stereocenters. The van der Waals surface area contributed by atoms with Gasteiger partial charge in [0.25, 0.3) is 0 Å². The molecule has 0 aliphatic rings. The average Bonchev–Trinajstić information content (AvgIpc) is 2.15. The van der Waals surface area contributed by atoms with Crippen LogP contribution in [0.25, 0.3) is 0 Å². The SMILES string of the molecule is CSCCC(=O)c1cccnc1. The zero-order valence-corrected chi connectivity index (χ0v) is 7.80. The van der Waals surface area contributed by atoms with E-state index in [9.17, 15) is 4.79 Å². The van der Waals surface area contributed by atoms with E-state index in [0.717, 1.165) is 5.75 Å². The van der Waals surface area contributed by atoms with Crippen LogP contribution >= 0.6 is 11.8 Å². The minimum absolute atomic E-state index is 0.178. The maximum Gasteiger partial charge on any atom is 0.165 e. The van der Waals surface area contributed by atoms with Crippen molar-refractivity contribution in [3.8, 4) is 0 Å². The second-order valence-corrected chi connectivity index (χ2v) is 3.39. The van der Waals surface area contributed by atoms with Crippen molar-refractivity contribution in [2.75, 3.05) is 12.0 Å². The van der Waals surface area contributed by atoms with Crippen LogP contribution in [0.4, 0.5) is 0 Å². The van der Waals surface area contributed by atoms with Gasteiger partial charge in [0, 0.05) is 30.1 Å². The van der Waals surface area contributed by atoms with Crippen molar-refractivity contribution in [1.82, 2.24) is 4.98 Å². The van der Waals surface area contributed by atoms with Gasteiger partial charge in [-0.25, -0.2) is 0 Å². The lowest BCUT2D eigenvalue weighted by molar-refractivity contribution is 0.0989. The molecular formula is C9H11NOS. The van der Waals surface area contributed by atoms with Gasteiger partial charge < -0.3 is 0 Å². The van der Waals surface area contributed by atoms with E-state index in [1.54, 1.807) is 36.3 Å². The summed E-state index contributed by atoms with van der Waals surface area (Å²) in [7, 11) is 0. The number of aromatic nitrogens is 1. The molecule has 0 fully saturated rings. The Hall–Kier alpha value is -0.830. The molecule has 1 rings (SSSR count). The highest BCUT2D eigenvalue weighted by Gasteiger charge is 2.03. The zero-order chi connectivity index (χ0) is 8.81. The van der Waals surface area contributed by atoms with E-state index in [4.69, 9.17) is 0 Å². The Kier molecular flexibility index (Phi) is 3.80. The molecule has 2 nitrogen and oxygen atoms in total. The third-order valence-corrected chi connectivity index (χ3v) is 2.13. The monoisotopic (exact) mass is 181 g/mol. The predicted molar refractivity (Wildman–Crippen MR) is 51.6 cm³/mol. The van der Waals surface area contributed by atoms with E-state index >= 15 is 0 Å². The lowest BCUT2D eigenvalue weighted by Crippen LogP contribution is -2.00. The topological polar surface area (TPSA) is 30.0 Å². The second-order valence-electron chi connectivity index (χ2n) is 2.41. The summed E-state index contributed by atoms with van der Waals surface area (Å²) in [6.45, 7) is 0. The van der Waals surface area contributed by atoms with Crippen LogP contribution in [0.1, 0.15) is 16.8 Å². The first-order valence-corrected chi connectivity index (χ1v) is 5.16. The van der Waals surface area contributed by atoms with Crippen LogP contribution in [0.3, 0.4) is 0 Å². The summed E-state index contributed by atoms with van der Waals surface area (Å²) in [5.41, 5.74) is 0.714. The third-order valence-electron chi connectivity index (χ3n) is 1.52. The highest BCUT2D eigenvalue weighted by atomic mass is 32.2. The molecule has 0 aromatic carbocycles. The zero-order valence-electron chi connectivity index (χ0n) is 6.99. The standard InChI is InChI=1S/C9H11NOS/c1-12-6-4-9(11)8-3-2-5-10-7-8/h2-3,5,7H,4,6H2,1H3. The summed E-state index contributed by atoms with van der Waals surface area (Å²) in [5.74, 6) is 1.06. The molecule has 64 valence electrons. The van der Waals surface area contributed by atoms with Gasteiger partial charge in [-0.15, -0.1) is 0 Å². The molecule has 0 spiro atoms. The van der Waals surface area contributed by atoms with E-state index in [-0.39, 0.29) is 5.78 Å². The molecule has 0 aliphatic heterocycles. The lowest BCUT2D eigenvalue weighted by atomic mass is 10.1. The van der Waals surface area contributed by atoms with Crippen molar-refractivity contribution in [2.24, 2.45) is 0 Å². The van der Waals surface area contributed by atoms with Gasteiger partial charge >= 0.3 is 0 Å². The summed E-state index contributed by atoms with van der Waals surface area (Å²) in [5, 5.41) is 0. The van der Waals surface area contributed by atoms with Gasteiger partial charge in [-0.3, -0.25) is 9.78 Å². The molecule has 0 saturated carbocycles. The summed E-state index contributed by atoms with van der Waals surface area (Å²) < 4.78 is 0. The van der Waals surface area contributed by atoms with Crippen molar-refractivity contribution in [3.05, 3.63) is 30.1 Å². The van der Waals surface area contributed by atoms with E-state index in [1.165, 1.54) is 0 Å². The minimum Gasteiger partial charge on any atom is -0.294 e. The summed E-state index contributed by atoms with van der Waals surface area (Å²) in [4.78, 5) is 15.2. The average molecular weight is 181 g/mol. The molecule has 1 aromatic rings. The van der Waals surface area contributed by atoms with E-state index in [0.29, 0.717) is 12.0 Å². The first kappa shape index (κ1) is 9.26. The molecule has 1 aromatic heterocycles. The first-order chi connectivity index (χ1) is 5.84. The van der Waals surface area contributed by atoms with Crippen molar-refractivity contribution >= 4 is 17.5 Å². The van der Waals surface area contributed by atoms with Gasteiger partial charge in [0.1, 0.15) is 0 Å².